The van der Waals surface area contributed by atoms with E-state index in [1.54, 1.807) is 12.3 Å². The zero-order valence-corrected chi connectivity index (χ0v) is 22.7. The molecular formula is C30H38F3N5O2. The van der Waals surface area contributed by atoms with Gasteiger partial charge in [-0.15, -0.1) is 0 Å². The van der Waals surface area contributed by atoms with Crippen molar-refractivity contribution in [1.29, 1.82) is 0 Å². The van der Waals surface area contributed by atoms with Gasteiger partial charge < -0.3 is 16.2 Å². The number of piperidine rings is 2. The summed E-state index contributed by atoms with van der Waals surface area (Å²) in [5.74, 6) is 0.560. The van der Waals surface area contributed by atoms with Crippen LogP contribution in [0.15, 0.2) is 36.5 Å². The number of aromatic nitrogens is 1. The van der Waals surface area contributed by atoms with Crippen LogP contribution in [0.5, 0.6) is 0 Å². The Morgan fingerprint density at radius 2 is 1.77 bits per heavy atom. The molecule has 1 amide bonds. The van der Waals surface area contributed by atoms with Crippen LogP contribution < -0.4 is 11.1 Å². The van der Waals surface area contributed by atoms with Gasteiger partial charge in [0, 0.05) is 42.3 Å². The van der Waals surface area contributed by atoms with Crippen LogP contribution in [0.1, 0.15) is 60.9 Å². The number of carbonyl (C=O) groups excluding carboxylic acids is 1. The molecule has 2 atom stereocenters. The summed E-state index contributed by atoms with van der Waals surface area (Å²) in [7, 11) is 0. The Hall–Kier alpha value is -2.69. The van der Waals surface area contributed by atoms with E-state index in [-0.39, 0.29) is 29.3 Å². The van der Waals surface area contributed by atoms with E-state index in [0.717, 1.165) is 56.3 Å². The maximum atomic E-state index is 13.0. The van der Waals surface area contributed by atoms with Gasteiger partial charge in [-0.2, -0.15) is 13.2 Å². The SMILES string of the molecule is Nc1ncc(-c2ccc([C@@]34C[C@@H]3CN(C3CCN(CC(F)(F)F)CC3)C4)cc2)cc1C(=O)N[C@H]1CC[C@H](O)CC1. The number of aliphatic hydroxyl groups is 1. The van der Waals surface area contributed by atoms with E-state index in [1.807, 2.05) is 0 Å². The Bertz CT molecular complexity index is 1220. The Kier molecular flexibility index (Phi) is 7.29. The summed E-state index contributed by atoms with van der Waals surface area (Å²) < 4.78 is 38.3. The summed E-state index contributed by atoms with van der Waals surface area (Å²) in [4.78, 5) is 21.3. The molecule has 2 aliphatic heterocycles. The number of benzene rings is 1. The van der Waals surface area contributed by atoms with Crippen molar-refractivity contribution in [3.8, 4) is 11.1 Å². The highest BCUT2D eigenvalue weighted by Crippen LogP contribution is 2.59. The Morgan fingerprint density at radius 1 is 1.07 bits per heavy atom. The number of alkyl halides is 3. The first-order valence-electron chi connectivity index (χ1n) is 14.5. The topological polar surface area (TPSA) is 94.7 Å². The minimum absolute atomic E-state index is 0.0300. The van der Waals surface area contributed by atoms with Crippen molar-refractivity contribution >= 4 is 11.7 Å². The minimum atomic E-state index is -4.13. The third-order valence-electron chi connectivity index (χ3n) is 9.64. The van der Waals surface area contributed by atoms with E-state index < -0.39 is 12.7 Å². The number of fused-ring (bicyclic) bond motifs is 1. The normalized spacial score (nSPS) is 29.8. The molecule has 4 fully saturated rings. The summed E-state index contributed by atoms with van der Waals surface area (Å²) in [5.41, 5.74) is 9.66. The molecule has 6 rings (SSSR count). The van der Waals surface area contributed by atoms with Gasteiger partial charge in [0.1, 0.15) is 5.82 Å². The van der Waals surface area contributed by atoms with E-state index in [4.69, 9.17) is 5.73 Å². The molecule has 7 nitrogen and oxygen atoms in total. The van der Waals surface area contributed by atoms with Crippen molar-refractivity contribution < 1.29 is 23.1 Å². The number of nitrogen functional groups attached to an aromatic ring is 1. The first kappa shape index (κ1) is 27.5. The minimum Gasteiger partial charge on any atom is -0.393 e. The van der Waals surface area contributed by atoms with Crippen molar-refractivity contribution in [1.82, 2.24) is 20.1 Å². The summed E-state index contributed by atoms with van der Waals surface area (Å²) in [6.07, 6.45) is 2.89. The molecule has 10 heteroatoms. The molecule has 0 spiro atoms. The van der Waals surface area contributed by atoms with Crippen LogP contribution in [0, 0.1) is 5.92 Å². The molecule has 216 valence electrons. The standard InChI is InChI=1S/C30H38F3N5O2/c31-30(32,33)18-37-11-9-24(10-12-37)38-16-22-14-29(22,17-38)21-3-1-19(2-4-21)20-13-26(27(34)35-15-20)28(40)36-23-5-7-25(39)8-6-23/h1-4,13,15,22-25,39H,5-12,14,16-18H2,(H2,34,35)(H,36,40)/t22-,23-,25-,29+/m1/s1. The third-order valence-corrected chi connectivity index (χ3v) is 9.64. The number of carbonyl (C=O) groups is 1. The van der Waals surface area contributed by atoms with E-state index in [1.165, 1.54) is 10.5 Å². The van der Waals surface area contributed by atoms with Crippen LogP contribution in [0.25, 0.3) is 11.1 Å². The lowest BCUT2D eigenvalue weighted by molar-refractivity contribution is -0.149. The van der Waals surface area contributed by atoms with E-state index in [0.29, 0.717) is 43.5 Å². The molecule has 2 saturated heterocycles. The second-order valence-electron chi connectivity index (χ2n) is 12.3. The van der Waals surface area contributed by atoms with Crippen LogP contribution in [-0.2, 0) is 5.41 Å². The zero-order valence-electron chi connectivity index (χ0n) is 22.7. The van der Waals surface area contributed by atoms with Crippen molar-refractivity contribution in [2.45, 2.75) is 74.7 Å². The maximum Gasteiger partial charge on any atom is 0.401 e. The Labute approximate surface area is 232 Å². The number of hydrogen-bond donors (Lipinski definition) is 3. The van der Waals surface area contributed by atoms with Crippen LogP contribution in [0.2, 0.25) is 0 Å². The molecule has 1 aromatic heterocycles. The Balaban J connectivity index is 1.08. The van der Waals surface area contributed by atoms with Crippen molar-refractivity contribution in [3.05, 3.63) is 47.7 Å². The van der Waals surface area contributed by atoms with E-state index >= 15 is 0 Å². The highest BCUT2D eigenvalue weighted by Gasteiger charge is 2.61. The molecule has 4 aliphatic rings. The van der Waals surface area contributed by atoms with Crippen LogP contribution >= 0.6 is 0 Å². The summed E-state index contributed by atoms with van der Waals surface area (Å²) in [6.45, 7) is 2.19. The molecule has 0 unspecified atom stereocenters. The molecule has 4 N–H and O–H groups in total. The van der Waals surface area contributed by atoms with Gasteiger partial charge in [-0.1, -0.05) is 24.3 Å². The van der Waals surface area contributed by atoms with E-state index in [9.17, 15) is 23.1 Å². The molecule has 1 aromatic carbocycles. The molecule has 0 bridgehead atoms. The van der Waals surface area contributed by atoms with Gasteiger partial charge in [-0.25, -0.2) is 4.98 Å². The largest absolute Gasteiger partial charge is 0.401 e. The van der Waals surface area contributed by atoms with Gasteiger partial charge >= 0.3 is 6.18 Å². The number of amides is 1. The molecule has 2 aliphatic carbocycles. The van der Waals surface area contributed by atoms with Crippen LogP contribution in [0.3, 0.4) is 0 Å². The predicted molar refractivity (Wildman–Crippen MR) is 147 cm³/mol. The fourth-order valence-electron chi connectivity index (χ4n) is 7.24. The Morgan fingerprint density at radius 3 is 2.45 bits per heavy atom. The van der Waals surface area contributed by atoms with E-state index in [2.05, 4.69) is 39.5 Å². The molecule has 2 aromatic rings. The number of nitrogens with one attached hydrogen (secondary N) is 1. The smallest absolute Gasteiger partial charge is 0.393 e. The maximum absolute atomic E-state index is 13.0. The number of nitrogens with zero attached hydrogens (tertiary/aromatic N) is 3. The molecule has 3 heterocycles. The number of halogens is 3. The van der Waals surface area contributed by atoms with Crippen molar-refractivity contribution in [2.75, 3.05) is 38.5 Å². The predicted octanol–water partition coefficient (Wildman–Crippen LogP) is 3.96. The molecule has 2 saturated carbocycles. The molecule has 0 radical (unpaired) electrons. The molecular weight excluding hydrogens is 519 g/mol. The average Bonchev–Trinajstić information content (AvgIpc) is 3.50. The van der Waals surface area contributed by atoms with Gasteiger partial charge in [0.2, 0.25) is 0 Å². The van der Waals surface area contributed by atoms with Gasteiger partial charge in [0.15, 0.2) is 0 Å². The highest BCUT2D eigenvalue weighted by molar-refractivity contribution is 5.99. The average molecular weight is 558 g/mol. The van der Waals surface area contributed by atoms with Gasteiger partial charge in [0.05, 0.1) is 18.2 Å². The second kappa shape index (κ2) is 10.6. The first-order valence-corrected chi connectivity index (χ1v) is 14.5. The fraction of sp³-hybridized carbons (Fsp3) is 0.600. The lowest BCUT2D eigenvalue weighted by Crippen LogP contribution is -2.47. The van der Waals surface area contributed by atoms with Gasteiger partial charge in [-0.05, 0) is 81.1 Å². The van der Waals surface area contributed by atoms with Gasteiger partial charge in [-0.3, -0.25) is 14.6 Å². The first-order chi connectivity index (χ1) is 19.1. The highest BCUT2D eigenvalue weighted by atomic mass is 19.4. The number of hydrogen-bond acceptors (Lipinski definition) is 6. The van der Waals surface area contributed by atoms with Crippen molar-refractivity contribution in [2.24, 2.45) is 5.92 Å². The van der Waals surface area contributed by atoms with Crippen LogP contribution in [-0.4, -0.2) is 82.9 Å². The monoisotopic (exact) mass is 557 g/mol. The van der Waals surface area contributed by atoms with Crippen molar-refractivity contribution in [3.63, 3.8) is 0 Å². The number of pyridine rings is 1. The lowest BCUT2D eigenvalue weighted by Gasteiger charge is -2.38. The number of nitrogens with two attached hydrogens (primary N) is 1. The number of rotatable bonds is 6. The number of anilines is 1. The summed E-state index contributed by atoms with van der Waals surface area (Å²) >= 11 is 0. The van der Waals surface area contributed by atoms with Crippen LogP contribution in [0.4, 0.5) is 19.0 Å². The molecule has 40 heavy (non-hydrogen) atoms. The second-order valence-corrected chi connectivity index (χ2v) is 12.3. The number of aliphatic hydroxyl groups excluding tert-OH is 1. The summed E-state index contributed by atoms with van der Waals surface area (Å²) in [5, 5.41) is 12.8. The fourth-order valence-corrected chi connectivity index (χ4v) is 7.24. The van der Waals surface area contributed by atoms with Gasteiger partial charge in [0.25, 0.3) is 5.91 Å². The summed E-state index contributed by atoms with van der Waals surface area (Å²) in [6, 6.07) is 10.7. The quantitative estimate of drug-likeness (QED) is 0.498. The third kappa shape index (κ3) is 5.71. The lowest BCUT2D eigenvalue weighted by atomic mass is 9.92. The zero-order chi connectivity index (χ0) is 28.1. The number of likely N-dealkylation sites (tertiary alicyclic amines) is 2.